The van der Waals surface area contributed by atoms with Crippen LogP contribution in [0, 0.1) is 5.41 Å². The first kappa shape index (κ1) is 32.0. The number of carbonyl (C=O) groups is 2. The second-order valence-electron chi connectivity index (χ2n) is 14.3. The fourth-order valence-corrected chi connectivity index (χ4v) is 8.50. The molecule has 3 aromatic rings. The van der Waals surface area contributed by atoms with Crippen molar-refractivity contribution >= 4 is 39.1 Å². The van der Waals surface area contributed by atoms with Crippen LogP contribution >= 0.6 is 15.9 Å². The fourth-order valence-electron chi connectivity index (χ4n) is 8.03. The molecule has 2 N–H and O–H groups in total. The highest BCUT2D eigenvalue weighted by molar-refractivity contribution is 9.10. The summed E-state index contributed by atoms with van der Waals surface area (Å²) in [7, 11) is 3.82. The summed E-state index contributed by atoms with van der Waals surface area (Å²) in [6, 6.07) is 17.8. The average Bonchev–Trinajstić information content (AvgIpc) is 3.05. The topological polar surface area (TPSA) is 103 Å². The quantitative estimate of drug-likeness (QED) is 0.356. The van der Waals surface area contributed by atoms with E-state index in [1.807, 2.05) is 0 Å². The van der Waals surface area contributed by atoms with Crippen LogP contribution < -0.4 is 21.1 Å². The molecule has 2 aromatic carbocycles. The lowest BCUT2D eigenvalue weighted by atomic mass is 9.71. The number of likely N-dealkylation sites (N-methyl/N-ethyl adjacent to an activating group) is 1. The largest absolute Gasteiger partial charge is 0.379 e. The molecule has 7 rings (SSSR count). The van der Waals surface area contributed by atoms with Gasteiger partial charge in [-0.3, -0.25) is 24.6 Å². The SMILES string of the molecule is CN1C[C@@H](Nc2cnn(C)c(=O)c2Br)C[C@@H](c2ccc(CN3CCC4(CC3)CN(c3ccc(C5CCC(=O)NC5=O)cc3)C4)cc2)C1. The van der Waals surface area contributed by atoms with Gasteiger partial charge in [0.15, 0.2) is 0 Å². The molecule has 2 amide bonds. The Morgan fingerprint density at radius 1 is 0.957 bits per heavy atom. The van der Waals surface area contributed by atoms with Gasteiger partial charge in [0.25, 0.3) is 5.56 Å². The molecule has 11 heteroatoms. The normalized spacial score (nSPS) is 25.0. The van der Waals surface area contributed by atoms with E-state index in [9.17, 15) is 14.4 Å². The number of aryl methyl sites for hydroxylation is 1. The van der Waals surface area contributed by atoms with Crippen molar-refractivity contribution in [3.8, 4) is 0 Å². The van der Waals surface area contributed by atoms with Gasteiger partial charge in [0.1, 0.15) is 4.47 Å². The summed E-state index contributed by atoms with van der Waals surface area (Å²) in [6.07, 6.45) is 6.16. The van der Waals surface area contributed by atoms with Crippen LogP contribution in [0.4, 0.5) is 11.4 Å². The Morgan fingerprint density at radius 3 is 2.36 bits per heavy atom. The molecular formula is C36H44BrN7O3. The van der Waals surface area contributed by atoms with Crippen molar-refractivity contribution in [2.75, 3.05) is 56.5 Å². The van der Waals surface area contributed by atoms with Crippen LogP contribution in [0.5, 0.6) is 0 Å². The van der Waals surface area contributed by atoms with E-state index in [1.165, 1.54) is 34.3 Å². The Balaban J connectivity index is 0.883. The third-order valence-electron chi connectivity index (χ3n) is 10.8. The number of halogens is 1. The minimum atomic E-state index is -0.228. The first-order chi connectivity index (χ1) is 22.6. The van der Waals surface area contributed by atoms with Crippen molar-refractivity contribution in [1.29, 1.82) is 0 Å². The zero-order valence-corrected chi connectivity index (χ0v) is 28.8. The van der Waals surface area contributed by atoms with E-state index < -0.39 is 0 Å². The summed E-state index contributed by atoms with van der Waals surface area (Å²) in [5.41, 5.74) is 5.96. The number of carbonyl (C=O) groups excluding carboxylic acids is 2. The van der Waals surface area contributed by atoms with Crippen molar-refractivity contribution < 1.29 is 9.59 Å². The summed E-state index contributed by atoms with van der Waals surface area (Å²) in [4.78, 5) is 43.5. The highest BCUT2D eigenvalue weighted by Crippen LogP contribution is 2.43. The lowest BCUT2D eigenvalue weighted by Crippen LogP contribution is -2.60. The van der Waals surface area contributed by atoms with Crippen LogP contribution in [0.25, 0.3) is 0 Å². The molecule has 248 valence electrons. The molecule has 0 saturated carbocycles. The molecule has 1 aromatic heterocycles. The van der Waals surface area contributed by atoms with Crippen LogP contribution in [-0.4, -0.2) is 83.8 Å². The molecule has 5 heterocycles. The van der Waals surface area contributed by atoms with E-state index in [0.717, 1.165) is 63.5 Å². The molecular weight excluding hydrogens is 658 g/mol. The molecule has 0 radical (unpaired) electrons. The maximum Gasteiger partial charge on any atom is 0.282 e. The Morgan fingerprint density at radius 2 is 1.66 bits per heavy atom. The summed E-state index contributed by atoms with van der Waals surface area (Å²) in [5.74, 6) is -0.155. The molecule has 4 saturated heterocycles. The third kappa shape index (κ3) is 6.89. The van der Waals surface area contributed by atoms with Crippen molar-refractivity contribution in [2.24, 2.45) is 12.5 Å². The maximum atomic E-state index is 12.3. The smallest absolute Gasteiger partial charge is 0.282 e. The summed E-state index contributed by atoms with van der Waals surface area (Å²) in [6.45, 7) is 7.35. The molecule has 10 nitrogen and oxygen atoms in total. The second-order valence-corrected chi connectivity index (χ2v) is 15.1. The first-order valence-electron chi connectivity index (χ1n) is 16.8. The Kier molecular flexibility index (Phi) is 8.97. The number of benzene rings is 2. The minimum Gasteiger partial charge on any atom is -0.379 e. The predicted molar refractivity (Wildman–Crippen MR) is 187 cm³/mol. The lowest BCUT2D eigenvalue weighted by molar-refractivity contribution is -0.134. The van der Waals surface area contributed by atoms with Gasteiger partial charge in [0.2, 0.25) is 11.8 Å². The van der Waals surface area contributed by atoms with E-state index in [-0.39, 0.29) is 29.3 Å². The first-order valence-corrected chi connectivity index (χ1v) is 17.6. The minimum absolute atomic E-state index is 0.138. The number of rotatable bonds is 7. The number of hydrogen-bond acceptors (Lipinski definition) is 8. The van der Waals surface area contributed by atoms with Crippen LogP contribution in [-0.2, 0) is 23.2 Å². The number of aromatic nitrogens is 2. The van der Waals surface area contributed by atoms with Gasteiger partial charge < -0.3 is 15.1 Å². The third-order valence-corrected chi connectivity index (χ3v) is 11.6. The standard InChI is InChI=1S/C36H44BrN7O3/c1-41-20-27(17-28(21-41)39-31-18-38-42(2)35(47)33(31)37)25-5-3-24(4-6-25)19-43-15-13-36(14-16-43)22-44(23-36)29-9-7-26(8-10-29)30-11-12-32(45)40-34(30)46/h3-10,18,27-28,30,39H,11-17,19-23H2,1-2H3,(H,40,45,46)/t27-,28+,30?/m1/s1. The fraction of sp³-hybridized carbons (Fsp3) is 0.500. The van der Waals surface area contributed by atoms with Gasteiger partial charge in [-0.1, -0.05) is 36.4 Å². The molecule has 1 unspecified atom stereocenters. The maximum absolute atomic E-state index is 12.3. The highest BCUT2D eigenvalue weighted by atomic mass is 79.9. The molecule has 1 spiro atoms. The number of anilines is 2. The number of likely N-dealkylation sites (tertiary alicyclic amines) is 2. The zero-order chi connectivity index (χ0) is 32.7. The monoisotopic (exact) mass is 701 g/mol. The Bertz CT molecular complexity index is 1680. The van der Waals surface area contributed by atoms with Crippen molar-refractivity contribution in [1.82, 2.24) is 24.9 Å². The van der Waals surface area contributed by atoms with Gasteiger partial charge in [0, 0.05) is 63.3 Å². The zero-order valence-electron chi connectivity index (χ0n) is 27.3. The molecule has 0 aliphatic carbocycles. The average molecular weight is 703 g/mol. The number of amides is 2. The van der Waals surface area contributed by atoms with E-state index in [1.54, 1.807) is 13.2 Å². The van der Waals surface area contributed by atoms with Crippen molar-refractivity contribution in [2.45, 2.75) is 56.5 Å². The molecule has 4 aliphatic heterocycles. The Hall–Kier alpha value is -3.54. The van der Waals surface area contributed by atoms with Crippen LogP contribution in [0.2, 0.25) is 0 Å². The van der Waals surface area contributed by atoms with Gasteiger partial charge in [-0.2, -0.15) is 5.10 Å². The van der Waals surface area contributed by atoms with Gasteiger partial charge in [-0.15, -0.1) is 0 Å². The van der Waals surface area contributed by atoms with Crippen LogP contribution in [0.15, 0.2) is 64.0 Å². The van der Waals surface area contributed by atoms with Crippen LogP contribution in [0.1, 0.15) is 60.6 Å². The highest BCUT2D eigenvalue weighted by Gasteiger charge is 2.45. The number of nitrogens with zero attached hydrogens (tertiary/aromatic N) is 5. The number of piperidine rings is 3. The summed E-state index contributed by atoms with van der Waals surface area (Å²) in [5, 5.41) is 10.2. The number of hydrogen-bond donors (Lipinski definition) is 2. The van der Waals surface area contributed by atoms with Gasteiger partial charge >= 0.3 is 0 Å². The van der Waals surface area contributed by atoms with Gasteiger partial charge in [-0.25, -0.2) is 4.68 Å². The van der Waals surface area contributed by atoms with Crippen LogP contribution in [0.3, 0.4) is 0 Å². The molecule has 4 fully saturated rings. The van der Waals surface area contributed by atoms with E-state index in [4.69, 9.17) is 0 Å². The van der Waals surface area contributed by atoms with E-state index >= 15 is 0 Å². The predicted octanol–water partition coefficient (Wildman–Crippen LogP) is 4.07. The second kappa shape index (κ2) is 13.2. The Labute approximate surface area is 284 Å². The molecule has 3 atom stereocenters. The van der Waals surface area contributed by atoms with Crippen molar-refractivity contribution in [3.63, 3.8) is 0 Å². The van der Waals surface area contributed by atoms with Gasteiger partial charge in [-0.05, 0) is 96.5 Å². The number of imide groups is 1. The van der Waals surface area contributed by atoms with Crippen molar-refractivity contribution in [3.05, 3.63) is 86.2 Å². The molecule has 47 heavy (non-hydrogen) atoms. The van der Waals surface area contributed by atoms with E-state index in [0.29, 0.717) is 28.6 Å². The molecule has 0 bridgehead atoms. The summed E-state index contributed by atoms with van der Waals surface area (Å²) >= 11 is 3.45. The lowest BCUT2D eigenvalue weighted by Gasteiger charge is -2.55. The molecule has 4 aliphatic rings. The summed E-state index contributed by atoms with van der Waals surface area (Å²) < 4.78 is 1.87. The van der Waals surface area contributed by atoms with Gasteiger partial charge in [0.05, 0.1) is 17.8 Å². The number of nitrogens with one attached hydrogen (secondary N) is 2. The van der Waals surface area contributed by atoms with E-state index in [2.05, 4.69) is 102 Å².